The summed E-state index contributed by atoms with van der Waals surface area (Å²) in [5, 5.41) is 11.7. The number of carboxylic acid groups (broad SMARTS) is 1. The van der Waals surface area contributed by atoms with Gasteiger partial charge in [0.1, 0.15) is 0 Å². The van der Waals surface area contributed by atoms with Crippen molar-refractivity contribution in [3.8, 4) is 0 Å². The second kappa shape index (κ2) is 5.07. The van der Waals surface area contributed by atoms with Crippen molar-refractivity contribution in [1.82, 2.24) is 5.32 Å². The normalized spacial score (nSPS) is 16.7. The van der Waals surface area contributed by atoms with Crippen molar-refractivity contribution < 1.29 is 19.4 Å². The first-order valence-corrected chi connectivity index (χ1v) is 6.18. The van der Waals surface area contributed by atoms with Crippen molar-refractivity contribution in [2.45, 2.75) is 6.54 Å². The molecule has 2 rings (SSSR count). The lowest BCUT2D eigenvalue weighted by molar-refractivity contribution is -0.185. The third kappa shape index (κ3) is 2.39. The number of benzene rings is 1. The Morgan fingerprint density at radius 2 is 2.17 bits per heavy atom. The van der Waals surface area contributed by atoms with Crippen molar-refractivity contribution in [2.24, 2.45) is 5.41 Å². The third-order valence-corrected chi connectivity index (χ3v) is 3.38. The predicted molar refractivity (Wildman–Crippen MR) is 66.9 cm³/mol. The Morgan fingerprint density at radius 3 is 2.67 bits per heavy atom. The lowest BCUT2D eigenvalue weighted by Crippen LogP contribution is -2.58. The first-order chi connectivity index (χ1) is 8.54. The highest BCUT2D eigenvalue weighted by atomic mass is 79.9. The van der Waals surface area contributed by atoms with E-state index in [4.69, 9.17) is 9.84 Å². The van der Waals surface area contributed by atoms with Crippen LogP contribution in [-0.2, 0) is 20.9 Å². The van der Waals surface area contributed by atoms with Gasteiger partial charge in [-0.05, 0) is 17.7 Å². The molecule has 1 aromatic rings. The van der Waals surface area contributed by atoms with Crippen LogP contribution in [0.3, 0.4) is 0 Å². The first-order valence-electron chi connectivity index (χ1n) is 5.38. The molecule has 5 nitrogen and oxygen atoms in total. The lowest BCUT2D eigenvalue weighted by Gasteiger charge is -2.35. The minimum atomic E-state index is -1.41. The maximum Gasteiger partial charge on any atom is 0.324 e. The molecule has 1 heterocycles. The summed E-state index contributed by atoms with van der Waals surface area (Å²) in [6, 6.07) is 7.45. The molecular weight excluding hydrogens is 302 g/mol. The van der Waals surface area contributed by atoms with Gasteiger partial charge in [0.05, 0.1) is 13.2 Å². The molecule has 1 aromatic carbocycles. The maximum absolute atomic E-state index is 11.9. The molecule has 0 atom stereocenters. The minimum absolute atomic E-state index is 0.0628. The van der Waals surface area contributed by atoms with E-state index >= 15 is 0 Å². The van der Waals surface area contributed by atoms with E-state index < -0.39 is 17.3 Å². The van der Waals surface area contributed by atoms with Gasteiger partial charge >= 0.3 is 5.97 Å². The van der Waals surface area contributed by atoms with E-state index in [1.807, 2.05) is 24.3 Å². The van der Waals surface area contributed by atoms with Gasteiger partial charge in [0.25, 0.3) is 0 Å². The van der Waals surface area contributed by atoms with Crippen molar-refractivity contribution in [2.75, 3.05) is 13.2 Å². The van der Waals surface area contributed by atoms with E-state index in [0.29, 0.717) is 6.54 Å². The number of rotatable bonds is 4. The predicted octanol–water partition coefficient (Wildman–Crippen LogP) is 1.17. The minimum Gasteiger partial charge on any atom is -0.480 e. The molecule has 0 radical (unpaired) electrons. The number of hydrogen-bond donors (Lipinski definition) is 2. The quantitative estimate of drug-likeness (QED) is 0.818. The Morgan fingerprint density at radius 1 is 1.44 bits per heavy atom. The molecule has 1 amide bonds. The van der Waals surface area contributed by atoms with Crippen LogP contribution in [0.2, 0.25) is 0 Å². The van der Waals surface area contributed by atoms with E-state index in [9.17, 15) is 9.59 Å². The zero-order chi connectivity index (χ0) is 13.2. The SMILES string of the molecule is O=C(O)C1(C(=O)NCc2cccc(Br)c2)COC1. The van der Waals surface area contributed by atoms with E-state index in [1.54, 1.807) is 0 Å². The Kier molecular flexibility index (Phi) is 3.68. The number of carboxylic acids is 1. The summed E-state index contributed by atoms with van der Waals surface area (Å²) >= 11 is 3.33. The number of aliphatic carboxylic acids is 1. The van der Waals surface area contributed by atoms with E-state index in [1.165, 1.54) is 0 Å². The molecule has 0 aromatic heterocycles. The molecule has 0 aliphatic carbocycles. The second-order valence-electron chi connectivity index (χ2n) is 4.19. The summed E-state index contributed by atoms with van der Waals surface area (Å²) in [5.41, 5.74) is -0.509. The summed E-state index contributed by atoms with van der Waals surface area (Å²) < 4.78 is 5.75. The Bertz CT molecular complexity index is 485. The monoisotopic (exact) mass is 313 g/mol. The van der Waals surface area contributed by atoms with Gasteiger partial charge in [0, 0.05) is 11.0 Å². The van der Waals surface area contributed by atoms with Crippen LogP contribution in [-0.4, -0.2) is 30.2 Å². The van der Waals surface area contributed by atoms with Gasteiger partial charge < -0.3 is 15.2 Å². The zero-order valence-corrected chi connectivity index (χ0v) is 11.1. The molecule has 0 bridgehead atoms. The van der Waals surface area contributed by atoms with Crippen molar-refractivity contribution in [3.05, 3.63) is 34.3 Å². The van der Waals surface area contributed by atoms with E-state index in [0.717, 1.165) is 10.0 Å². The first kappa shape index (κ1) is 13.0. The Balaban J connectivity index is 1.98. The molecule has 96 valence electrons. The molecular formula is C12H12BrNO4. The summed E-state index contributed by atoms with van der Waals surface area (Å²) in [5.74, 6) is -1.64. The number of carbonyl (C=O) groups is 2. The number of nitrogens with one attached hydrogen (secondary N) is 1. The second-order valence-corrected chi connectivity index (χ2v) is 5.11. The van der Waals surface area contributed by atoms with Crippen LogP contribution < -0.4 is 5.32 Å². The van der Waals surface area contributed by atoms with Gasteiger partial charge in [0.2, 0.25) is 5.91 Å². The number of amides is 1. The number of carbonyl (C=O) groups excluding carboxylic acids is 1. The van der Waals surface area contributed by atoms with E-state index in [2.05, 4.69) is 21.2 Å². The van der Waals surface area contributed by atoms with Crippen LogP contribution in [0.4, 0.5) is 0 Å². The molecule has 1 saturated heterocycles. The molecule has 18 heavy (non-hydrogen) atoms. The Hall–Kier alpha value is -1.40. The van der Waals surface area contributed by atoms with Gasteiger partial charge in [-0.3, -0.25) is 9.59 Å². The van der Waals surface area contributed by atoms with Crippen LogP contribution in [0.15, 0.2) is 28.7 Å². The van der Waals surface area contributed by atoms with Gasteiger partial charge in [-0.25, -0.2) is 0 Å². The van der Waals surface area contributed by atoms with Gasteiger partial charge in [-0.2, -0.15) is 0 Å². The fraction of sp³-hybridized carbons (Fsp3) is 0.333. The van der Waals surface area contributed by atoms with Crippen molar-refractivity contribution in [3.63, 3.8) is 0 Å². The van der Waals surface area contributed by atoms with Gasteiger partial charge in [-0.1, -0.05) is 28.1 Å². The number of halogens is 1. The molecule has 2 N–H and O–H groups in total. The number of ether oxygens (including phenoxy) is 1. The Labute approximate surface area is 112 Å². The van der Waals surface area contributed by atoms with Crippen LogP contribution in [0, 0.1) is 5.41 Å². The lowest BCUT2D eigenvalue weighted by atomic mass is 9.85. The molecule has 6 heteroatoms. The van der Waals surface area contributed by atoms with Crippen molar-refractivity contribution in [1.29, 1.82) is 0 Å². The number of hydrogen-bond acceptors (Lipinski definition) is 3. The highest BCUT2D eigenvalue weighted by molar-refractivity contribution is 9.10. The highest BCUT2D eigenvalue weighted by Gasteiger charge is 2.53. The van der Waals surface area contributed by atoms with Crippen LogP contribution in [0.1, 0.15) is 5.56 Å². The average molecular weight is 314 g/mol. The third-order valence-electron chi connectivity index (χ3n) is 2.88. The standard InChI is InChI=1S/C12H12BrNO4/c13-9-3-1-2-8(4-9)5-14-10(15)12(11(16)17)6-18-7-12/h1-4H,5-7H2,(H,14,15)(H,16,17). The summed E-state index contributed by atoms with van der Waals surface area (Å²) in [6.45, 7) is 0.173. The fourth-order valence-corrected chi connectivity index (χ4v) is 2.10. The maximum atomic E-state index is 11.9. The average Bonchev–Trinajstić information content (AvgIpc) is 2.24. The molecule has 0 spiro atoms. The van der Waals surface area contributed by atoms with Gasteiger partial charge in [0.15, 0.2) is 5.41 Å². The smallest absolute Gasteiger partial charge is 0.324 e. The van der Waals surface area contributed by atoms with Crippen molar-refractivity contribution >= 4 is 27.8 Å². The highest BCUT2D eigenvalue weighted by Crippen LogP contribution is 2.28. The zero-order valence-electron chi connectivity index (χ0n) is 9.48. The molecule has 0 saturated carbocycles. The largest absolute Gasteiger partial charge is 0.480 e. The molecule has 1 aliphatic heterocycles. The molecule has 1 fully saturated rings. The topological polar surface area (TPSA) is 75.6 Å². The van der Waals surface area contributed by atoms with Crippen LogP contribution in [0.5, 0.6) is 0 Å². The van der Waals surface area contributed by atoms with Crippen LogP contribution in [0.25, 0.3) is 0 Å². The van der Waals surface area contributed by atoms with Gasteiger partial charge in [-0.15, -0.1) is 0 Å². The summed E-state index contributed by atoms with van der Waals surface area (Å²) in [4.78, 5) is 22.9. The van der Waals surface area contributed by atoms with Crippen LogP contribution >= 0.6 is 15.9 Å². The summed E-state index contributed by atoms with van der Waals surface area (Å²) in [7, 11) is 0. The van der Waals surface area contributed by atoms with E-state index in [-0.39, 0.29) is 13.2 Å². The molecule has 1 aliphatic rings. The summed E-state index contributed by atoms with van der Waals surface area (Å²) in [6.07, 6.45) is 0. The fourth-order valence-electron chi connectivity index (χ4n) is 1.66. The molecule has 0 unspecified atom stereocenters.